The molecule has 0 aliphatic carbocycles. The second kappa shape index (κ2) is 5.54. The van der Waals surface area contributed by atoms with Crippen molar-refractivity contribution in [3.05, 3.63) is 29.3 Å². The highest BCUT2D eigenvalue weighted by Gasteiger charge is 2.30. The first-order chi connectivity index (χ1) is 8.89. The van der Waals surface area contributed by atoms with Crippen LogP contribution in [0.4, 0.5) is 0 Å². The van der Waals surface area contributed by atoms with Crippen LogP contribution in [0.3, 0.4) is 0 Å². The van der Waals surface area contributed by atoms with Gasteiger partial charge in [0.2, 0.25) is 0 Å². The molecule has 1 aliphatic rings. The van der Waals surface area contributed by atoms with Crippen LogP contribution < -0.4 is 10.1 Å². The third-order valence-electron chi connectivity index (χ3n) is 4.09. The molecule has 1 heterocycles. The Balaban J connectivity index is 1.96. The van der Waals surface area contributed by atoms with Gasteiger partial charge in [0, 0.05) is 12.5 Å². The highest BCUT2D eigenvalue weighted by molar-refractivity contribution is 5.40. The van der Waals surface area contributed by atoms with Gasteiger partial charge in [-0.3, -0.25) is 0 Å². The van der Waals surface area contributed by atoms with Gasteiger partial charge in [-0.05, 0) is 50.8 Å². The molecule has 0 saturated carbocycles. The molecule has 0 fully saturated rings. The van der Waals surface area contributed by atoms with E-state index in [4.69, 9.17) is 4.74 Å². The number of nitrogens with one attached hydrogen (secondary N) is 1. The van der Waals surface area contributed by atoms with E-state index in [-0.39, 0.29) is 0 Å². The summed E-state index contributed by atoms with van der Waals surface area (Å²) in [5.41, 5.74) is 3.01. The highest BCUT2D eigenvalue weighted by atomic mass is 16.5. The third-order valence-corrected chi connectivity index (χ3v) is 4.09. The van der Waals surface area contributed by atoms with E-state index in [1.54, 1.807) is 0 Å². The predicted molar refractivity (Wildman–Crippen MR) is 80.8 cm³/mol. The van der Waals surface area contributed by atoms with E-state index in [2.05, 4.69) is 51.2 Å². The summed E-state index contributed by atoms with van der Waals surface area (Å²) in [7, 11) is 2.03. The van der Waals surface area contributed by atoms with Crippen molar-refractivity contribution in [2.75, 3.05) is 7.05 Å². The molecular weight excluding hydrogens is 234 g/mol. The van der Waals surface area contributed by atoms with Gasteiger partial charge in [0.05, 0.1) is 0 Å². The zero-order valence-electron chi connectivity index (χ0n) is 12.9. The van der Waals surface area contributed by atoms with Crippen LogP contribution in [-0.2, 0) is 6.42 Å². The van der Waals surface area contributed by atoms with E-state index in [0.29, 0.717) is 17.6 Å². The van der Waals surface area contributed by atoms with Crippen molar-refractivity contribution in [3.63, 3.8) is 0 Å². The number of ether oxygens (including phenoxy) is 1. The molecule has 0 saturated heterocycles. The number of hydrogen-bond donors (Lipinski definition) is 1. The quantitative estimate of drug-likeness (QED) is 0.872. The maximum atomic E-state index is 6.09. The monoisotopic (exact) mass is 261 g/mol. The molecule has 0 bridgehead atoms. The normalized spacial score (nSPS) is 19.9. The molecule has 106 valence electrons. The SMILES string of the molecule is CNC(C)CC(C)(C)CC1Cc2cc(C)ccc2O1. The van der Waals surface area contributed by atoms with Crippen molar-refractivity contribution in [1.29, 1.82) is 0 Å². The summed E-state index contributed by atoms with van der Waals surface area (Å²) in [6.07, 6.45) is 3.70. The van der Waals surface area contributed by atoms with Crippen LogP contribution in [0.25, 0.3) is 0 Å². The van der Waals surface area contributed by atoms with Crippen LogP contribution in [0.2, 0.25) is 0 Å². The summed E-state index contributed by atoms with van der Waals surface area (Å²) in [6, 6.07) is 7.07. The van der Waals surface area contributed by atoms with E-state index in [9.17, 15) is 0 Å². The lowest BCUT2D eigenvalue weighted by Gasteiger charge is -2.30. The van der Waals surface area contributed by atoms with Gasteiger partial charge in [0.25, 0.3) is 0 Å². The zero-order chi connectivity index (χ0) is 14.0. The van der Waals surface area contributed by atoms with E-state index in [1.165, 1.54) is 17.5 Å². The molecule has 2 atom stereocenters. The zero-order valence-corrected chi connectivity index (χ0v) is 12.9. The van der Waals surface area contributed by atoms with Crippen LogP contribution in [0.5, 0.6) is 5.75 Å². The Morgan fingerprint density at radius 2 is 2.16 bits per heavy atom. The van der Waals surface area contributed by atoms with Gasteiger partial charge in [-0.15, -0.1) is 0 Å². The average Bonchev–Trinajstić information content (AvgIpc) is 2.68. The predicted octanol–water partition coefficient (Wildman–Crippen LogP) is 3.71. The van der Waals surface area contributed by atoms with Gasteiger partial charge in [-0.1, -0.05) is 31.5 Å². The van der Waals surface area contributed by atoms with Crippen LogP contribution in [-0.4, -0.2) is 19.2 Å². The Hall–Kier alpha value is -1.02. The number of hydrogen-bond acceptors (Lipinski definition) is 2. The fourth-order valence-corrected chi connectivity index (χ4v) is 3.19. The molecule has 0 spiro atoms. The maximum Gasteiger partial charge on any atom is 0.123 e. The van der Waals surface area contributed by atoms with Crippen LogP contribution in [0.15, 0.2) is 18.2 Å². The second-order valence-corrected chi connectivity index (χ2v) is 6.82. The van der Waals surface area contributed by atoms with Gasteiger partial charge in [0.15, 0.2) is 0 Å². The Labute approximate surface area is 117 Å². The van der Waals surface area contributed by atoms with Crippen molar-refractivity contribution in [1.82, 2.24) is 5.32 Å². The minimum Gasteiger partial charge on any atom is -0.490 e. The Morgan fingerprint density at radius 1 is 1.42 bits per heavy atom. The first kappa shape index (κ1) is 14.4. The average molecular weight is 261 g/mol. The second-order valence-electron chi connectivity index (χ2n) is 6.82. The summed E-state index contributed by atoms with van der Waals surface area (Å²) in [5, 5.41) is 3.33. The molecule has 2 rings (SSSR count). The summed E-state index contributed by atoms with van der Waals surface area (Å²) < 4.78 is 6.09. The number of aryl methyl sites for hydroxylation is 1. The van der Waals surface area contributed by atoms with Crippen LogP contribution in [0.1, 0.15) is 44.7 Å². The minimum absolute atomic E-state index is 0.310. The van der Waals surface area contributed by atoms with Gasteiger partial charge in [-0.25, -0.2) is 0 Å². The molecule has 0 amide bonds. The molecule has 1 aromatic carbocycles. The number of fused-ring (bicyclic) bond motifs is 1. The largest absolute Gasteiger partial charge is 0.490 e. The Bertz CT molecular complexity index is 439. The summed E-state index contributed by atoms with van der Waals surface area (Å²) in [4.78, 5) is 0. The van der Waals surface area contributed by atoms with Gasteiger partial charge in [0.1, 0.15) is 11.9 Å². The number of rotatable bonds is 5. The molecule has 1 aliphatic heterocycles. The molecule has 0 aromatic heterocycles. The van der Waals surface area contributed by atoms with E-state index in [1.807, 2.05) is 7.05 Å². The molecule has 2 unspecified atom stereocenters. The van der Waals surface area contributed by atoms with Crippen molar-refractivity contribution in [2.45, 2.75) is 59.1 Å². The van der Waals surface area contributed by atoms with E-state index >= 15 is 0 Å². The molecule has 0 radical (unpaired) electrons. The van der Waals surface area contributed by atoms with Crippen LogP contribution in [0, 0.1) is 12.3 Å². The maximum absolute atomic E-state index is 6.09. The highest BCUT2D eigenvalue weighted by Crippen LogP contribution is 2.36. The lowest BCUT2D eigenvalue weighted by Crippen LogP contribution is -2.32. The van der Waals surface area contributed by atoms with Gasteiger partial charge < -0.3 is 10.1 Å². The Kier molecular flexibility index (Phi) is 4.19. The molecule has 19 heavy (non-hydrogen) atoms. The lowest BCUT2D eigenvalue weighted by molar-refractivity contribution is 0.143. The van der Waals surface area contributed by atoms with Gasteiger partial charge >= 0.3 is 0 Å². The van der Waals surface area contributed by atoms with E-state index in [0.717, 1.165) is 18.6 Å². The summed E-state index contributed by atoms with van der Waals surface area (Å²) >= 11 is 0. The summed E-state index contributed by atoms with van der Waals surface area (Å²) in [6.45, 7) is 9.08. The van der Waals surface area contributed by atoms with Crippen molar-refractivity contribution in [2.24, 2.45) is 5.41 Å². The van der Waals surface area contributed by atoms with Crippen LogP contribution >= 0.6 is 0 Å². The Morgan fingerprint density at radius 3 is 2.84 bits per heavy atom. The lowest BCUT2D eigenvalue weighted by atomic mass is 9.80. The molecule has 1 N–H and O–H groups in total. The molecule has 2 heteroatoms. The third kappa shape index (κ3) is 3.73. The van der Waals surface area contributed by atoms with Crippen molar-refractivity contribution in [3.8, 4) is 5.75 Å². The molecule has 2 nitrogen and oxygen atoms in total. The van der Waals surface area contributed by atoms with Crippen molar-refractivity contribution < 1.29 is 4.74 Å². The first-order valence-corrected chi connectivity index (χ1v) is 7.33. The molecule has 1 aromatic rings. The fraction of sp³-hybridized carbons (Fsp3) is 0.647. The van der Waals surface area contributed by atoms with E-state index < -0.39 is 0 Å². The first-order valence-electron chi connectivity index (χ1n) is 7.33. The smallest absolute Gasteiger partial charge is 0.123 e. The summed E-state index contributed by atoms with van der Waals surface area (Å²) in [5.74, 6) is 1.09. The topological polar surface area (TPSA) is 21.3 Å². The number of benzene rings is 1. The standard InChI is InChI=1S/C17H27NO/c1-12-6-7-16-14(8-12)9-15(19-16)11-17(3,4)10-13(2)18-5/h6-8,13,15,18H,9-11H2,1-5H3. The fourth-order valence-electron chi connectivity index (χ4n) is 3.19. The minimum atomic E-state index is 0.310. The van der Waals surface area contributed by atoms with Gasteiger partial charge in [-0.2, -0.15) is 0 Å². The molecular formula is C17H27NO. The van der Waals surface area contributed by atoms with Crippen molar-refractivity contribution >= 4 is 0 Å².